The number of halogens is 1. The molecule has 1 amide bonds. The fourth-order valence-electron chi connectivity index (χ4n) is 6.53. The molecule has 2 atom stereocenters. The molecule has 0 aromatic heterocycles. The van der Waals surface area contributed by atoms with Gasteiger partial charge >= 0.3 is 5.97 Å². The maximum absolute atomic E-state index is 15.5. The van der Waals surface area contributed by atoms with E-state index >= 15 is 4.79 Å². The van der Waals surface area contributed by atoms with Crippen molar-refractivity contribution in [1.82, 2.24) is 4.90 Å². The summed E-state index contributed by atoms with van der Waals surface area (Å²) in [7, 11) is 0.879. The van der Waals surface area contributed by atoms with Crippen molar-refractivity contribution in [3.8, 4) is 17.2 Å². The third-order valence-electron chi connectivity index (χ3n) is 8.60. The number of esters is 1. The summed E-state index contributed by atoms with van der Waals surface area (Å²) in [6, 6.07) is 22.3. The van der Waals surface area contributed by atoms with Gasteiger partial charge < -0.3 is 18.9 Å². The normalized spacial score (nSPS) is 19.3. The molecular formula is C34H31ClN2O8S. The van der Waals surface area contributed by atoms with E-state index in [1.807, 2.05) is 24.3 Å². The topological polar surface area (TPSA) is 112 Å². The van der Waals surface area contributed by atoms with Crippen molar-refractivity contribution in [2.45, 2.75) is 29.4 Å². The van der Waals surface area contributed by atoms with Gasteiger partial charge in [-0.25, -0.2) is 12.7 Å². The van der Waals surface area contributed by atoms with E-state index in [4.69, 9.17) is 30.5 Å². The Labute approximate surface area is 272 Å². The number of fused-ring (bicyclic) bond motifs is 2. The SMILES string of the molecule is COC(=O)[C@@H]1Cc2ccccc2CN1C1(c2ccccc2OC)C(=O)N(S(=O)(=O)c2ccc(OC)cc2OC)c2ccc(Cl)cc21. The van der Waals surface area contributed by atoms with Crippen LogP contribution in [0.2, 0.25) is 5.02 Å². The van der Waals surface area contributed by atoms with Crippen LogP contribution in [-0.2, 0) is 42.9 Å². The molecule has 46 heavy (non-hydrogen) atoms. The number of hydrogen-bond donors (Lipinski definition) is 0. The van der Waals surface area contributed by atoms with Crippen LogP contribution >= 0.6 is 11.6 Å². The molecule has 2 heterocycles. The Bertz CT molecular complexity index is 1970. The summed E-state index contributed by atoms with van der Waals surface area (Å²) in [6.45, 7) is 0.103. The summed E-state index contributed by atoms with van der Waals surface area (Å²) in [5, 5.41) is 0.263. The second-order valence-electron chi connectivity index (χ2n) is 10.8. The quantitative estimate of drug-likeness (QED) is 0.242. The molecule has 0 aliphatic carbocycles. The summed E-state index contributed by atoms with van der Waals surface area (Å²) in [4.78, 5) is 30.5. The molecule has 0 spiro atoms. The maximum Gasteiger partial charge on any atom is 0.323 e. The average Bonchev–Trinajstić information content (AvgIpc) is 3.34. The first-order valence-electron chi connectivity index (χ1n) is 14.3. The predicted octanol–water partition coefficient (Wildman–Crippen LogP) is 4.94. The second-order valence-corrected chi connectivity index (χ2v) is 13.0. The minimum Gasteiger partial charge on any atom is -0.497 e. The van der Waals surface area contributed by atoms with Crippen LogP contribution in [0.1, 0.15) is 22.3 Å². The molecule has 0 bridgehead atoms. The lowest BCUT2D eigenvalue weighted by Crippen LogP contribution is -2.61. The molecule has 238 valence electrons. The van der Waals surface area contributed by atoms with Gasteiger partial charge in [0.1, 0.15) is 28.2 Å². The van der Waals surface area contributed by atoms with Crippen molar-refractivity contribution in [3.05, 3.63) is 112 Å². The second kappa shape index (κ2) is 12.0. The Morgan fingerprint density at radius 1 is 0.826 bits per heavy atom. The Morgan fingerprint density at radius 2 is 1.52 bits per heavy atom. The van der Waals surface area contributed by atoms with E-state index in [0.717, 1.165) is 15.4 Å². The number of benzene rings is 4. The van der Waals surface area contributed by atoms with Crippen molar-refractivity contribution < 1.29 is 37.0 Å². The largest absolute Gasteiger partial charge is 0.497 e. The predicted molar refractivity (Wildman–Crippen MR) is 171 cm³/mol. The number of anilines is 1. The highest BCUT2D eigenvalue weighted by atomic mass is 35.5. The number of hydrogen-bond acceptors (Lipinski definition) is 9. The molecule has 10 nitrogen and oxygen atoms in total. The monoisotopic (exact) mass is 662 g/mol. The number of sulfonamides is 1. The van der Waals surface area contributed by atoms with Crippen molar-refractivity contribution in [2.75, 3.05) is 32.7 Å². The fourth-order valence-corrected chi connectivity index (χ4v) is 8.30. The summed E-state index contributed by atoms with van der Waals surface area (Å²) in [5.41, 5.74) is 0.532. The summed E-state index contributed by atoms with van der Waals surface area (Å²) in [6.07, 6.45) is 0.210. The summed E-state index contributed by atoms with van der Waals surface area (Å²) in [5.74, 6) is -0.770. The Kier molecular flexibility index (Phi) is 8.18. The van der Waals surface area contributed by atoms with Gasteiger partial charge in [-0.15, -0.1) is 0 Å². The first-order chi connectivity index (χ1) is 22.1. The zero-order valence-corrected chi connectivity index (χ0v) is 27.1. The van der Waals surface area contributed by atoms with Crippen molar-refractivity contribution >= 4 is 39.2 Å². The minimum absolute atomic E-state index is 0.0169. The van der Waals surface area contributed by atoms with Crippen molar-refractivity contribution in [2.24, 2.45) is 0 Å². The first kappa shape index (κ1) is 31.4. The molecule has 1 unspecified atom stereocenters. The molecule has 6 rings (SSSR count). The van der Waals surface area contributed by atoms with Crippen LogP contribution in [0.15, 0.2) is 89.8 Å². The van der Waals surface area contributed by atoms with Crippen LogP contribution in [0.25, 0.3) is 0 Å². The highest BCUT2D eigenvalue weighted by Crippen LogP contribution is 2.55. The minimum atomic E-state index is -4.65. The van der Waals surface area contributed by atoms with Crippen LogP contribution in [0, 0.1) is 0 Å². The molecular weight excluding hydrogens is 632 g/mol. The number of nitrogens with zero attached hydrogens (tertiary/aromatic N) is 2. The molecule has 0 fully saturated rings. The molecule has 0 N–H and O–H groups in total. The van der Waals surface area contributed by atoms with Gasteiger partial charge in [0.2, 0.25) is 0 Å². The summed E-state index contributed by atoms with van der Waals surface area (Å²) < 4.78 is 52.0. The molecule has 2 aliphatic rings. The number of carbonyl (C=O) groups is 2. The number of ether oxygens (including phenoxy) is 4. The van der Waals surface area contributed by atoms with E-state index in [1.165, 1.54) is 58.8 Å². The first-order valence-corrected chi connectivity index (χ1v) is 16.1. The third kappa shape index (κ3) is 4.69. The number of rotatable bonds is 8. The van der Waals surface area contributed by atoms with Crippen LogP contribution in [-0.4, -0.2) is 59.7 Å². The third-order valence-corrected chi connectivity index (χ3v) is 10.6. The molecule has 4 aromatic carbocycles. The van der Waals surface area contributed by atoms with Crippen LogP contribution in [0.5, 0.6) is 17.2 Å². The lowest BCUT2D eigenvalue weighted by molar-refractivity contribution is -0.152. The molecule has 2 aliphatic heterocycles. The number of amides is 1. The maximum atomic E-state index is 15.5. The van der Waals surface area contributed by atoms with Crippen molar-refractivity contribution in [3.63, 3.8) is 0 Å². The van der Waals surface area contributed by atoms with E-state index in [0.29, 0.717) is 17.1 Å². The van der Waals surface area contributed by atoms with Gasteiger partial charge in [0.25, 0.3) is 15.9 Å². The Morgan fingerprint density at radius 3 is 2.22 bits per heavy atom. The number of carbonyl (C=O) groups excluding carboxylic acids is 2. The molecule has 0 saturated carbocycles. The Balaban J connectivity index is 1.70. The average molecular weight is 663 g/mol. The number of methoxy groups -OCH3 is 4. The zero-order chi connectivity index (χ0) is 32.8. The Hall–Kier alpha value is -4.58. The van der Waals surface area contributed by atoms with Crippen LogP contribution in [0.3, 0.4) is 0 Å². The van der Waals surface area contributed by atoms with E-state index in [9.17, 15) is 13.2 Å². The zero-order valence-electron chi connectivity index (χ0n) is 25.5. The van der Waals surface area contributed by atoms with E-state index in [1.54, 1.807) is 35.2 Å². The van der Waals surface area contributed by atoms with E-state index in [-0.39, 0.29) is 39.9 Å². The van der Waals surface area contributed by atoms with E-state index in [2.05, 4.69) is 0 Å². The van der Waals surface area contributed by atoms with Gasteiger partial charge in [0, 0.05) is 28.8 Å². The van der Waals surface area contributed by atoms with Crippen molar-refractivity contribution in [1.29, 1.82) is 0 Å². The fraction of sp³-hybridized carbons (Fsp3) is 0.235. The van der Waals surface area contributed by atoms with E-state index < -0.39 is 33.5 Å². The smallest absolute Gasteiger partial charge is 0.323 e. The standard InChI is InChI=1S/C34H31ClN2O8S/c1-42-24-14-16-31(30(19-24)44-3)46(40,41)37-27-15-13-23(35)18-26(27)34(33(37)39,25-11-7-8-12-29(25)43-2)36-20-22-10-6-5-9-21(22)17-28(36)32(38)45-4/h5-16,18-19,28H,17,20H2,1-4H3/t28-,34?/m0/s1. The molecule has 12 heteroatoms. The summed E-state index contributed by atoms with van der Waals surface area (Å²) >= 11 is 6.61. The lowest BCUT2D eigenvalue weighted by atomic mass is 9.78. The van der Waals surface area contributed by atoms with Crippen LogP contribution in [0.4, 0.5) is 5.69 Å². The van der Waals surface area contributed by atoms with Gasteiger partial charge in [0.15, 0.2) is 5.54 Å². The highest BCUT2D eigenvalue weighted by Gasteiger charge is 2.63. The van der Waals surface area contributed by atoms with Gasteiger partial charge in [0.05, 0.1) is 34.1 Å². The van der Waals surface area contributed by atoms with Gasteiger partial charge in [-0.3, -0.25) is 14.5 Å². The van der Waals surface area contributed by atoms with Gasteiger partial charge in [-0.2, -0.15) is 0 Å². The molecule has 0 radical (unpaired) electrons. The van der Waals surface area contributed by atoms with Gasteiger partial charge in [-0.05, 0) is 53.9 Å². The lowest BCUT2D eigenvalue weighted by Gasteiger charge is -2.46. The van der Waals surface area contributed by atoms with Gasteiger partial charge in [-0.1, -0.05) is 54.1 Å². The number of para-hydroxylation sites is 1. The van der Waals surface area contributed by atoms with Crippen LogP contribution < -0.4 is 18.5 Å². The molecule has 4 aromatic rings. The highest BCUT2D eigenvalue weighted by molar-refractivity contribution is 7.93. The molecule has 0 saturated heterocycles.